The lowest BCUT2D eigenvalue weighted by Crippen LogP contribution is -2.19. The van der Waals surface area contributed by atoms with Crippen LogP contribution in [0.15, 0.2) is 41.4 Å². The van der Waals surface area contributed by atoms with E-state index in [9.17, 15) is 8.42 Å². The average molecular weight is 341 g/mol. The zero-order valence-corrected chi connectivity index (χ0v) is 14.1. The topological polar surface area (TPSA) is 68.3 Å². The molecular weight excluding hydrogens is 324 g/mol. The summed E-state index contributed by atoms with van der Waals surface area (Å²) in [5.74, 6) is 1.03. The van der Waals surface area contributed by atoms with Crippen LogP contribution in [0.3, 0.4) is 0 Å². The Bertz CT molecular complexity index is 759. The molecule has 0 radical (unpaired) electrons. The molecule has 5 nitrogen and oxygen atoms in total. The third-order valence-electron chi connectivity index (χ3n) is 3.08. The molecule has 0 bridgehead atoms. The normalized spacial score (nSPS) is 11.7. The van der Waals surface area contributed by atoms with Crippen molar-refractivity contribution in [3.63, 3.8) is 0 Å². The van der Waals surface area contributed by atoms with E-state index in [0.29, 0.717) is 22.2 Å². The summed E-state index contributed by atoms with van der Waals surface area (Å²) in [6.45, 7) is 3.89. The highest BCUT2D eigenvalue weighted by molar-refractivity contribution is 7.89. The molecule has 22 heavy (non-hydrogen) atoms. The zero-order chi connectivity index (χ0) is 16.3. The van der Waals surface area contributed by atoms with Gasteiger partial charge in [0.05, 0.1) is 6.20 Å². The Morgan fingerprint density at radius 3 is 2.41 bits per heavy atom. The van der Waals surface area contributed by atoms with E-state index in [0.717, 1.165) is 0 Å². The van der Waals surface area contributed by atoms with Crippen molar-refractivity contribution < 1.29 is 13.2 Å². The van der Waals surface area contributed by atoms with Crippen molar-refractivity contribution in [3.05, 3.63) is 47.1 Å². The van der Waals surface area contributed by atoms with Gasteiger partial charge in [0.25, 0.3) is 0 Å². The van der Waals surface area contributed by atoms with Crippen LogP contribution >= 0.6 is 11.6 Å². The van der Waals surface area contributed by atoms with E-state index < -0.39 is 10.0 Å². The van der Waals surface area contributed by atoms with Gasteiger partial charge in [0.1, 0.15) is 10.6 Å². The number of nitrogens with one attached hydrogen (secondary N) is 1. The monoisotopic (exact) mass is 340 g/mol. The number of sulfonamides is 1. The molecular formula is C15H17ClN2O3S. The average Bonchev–Trinajstić information content (AvgIpc) is 2.49. The van der Waals surface area contributed by atoms with Gasteiger partial charge in [-0.25, -0.2) is 18.1 Å². The molecule has 0 aliphatic carbocycles. The number of hydrogen-bond donors (Lipinski definition) is 1. The molecule has 2 aromatic rings. The van der Waals surface area contributed by atoms with Crippen molar-refractivity contribution >= 4 is 21.6 Å². The minimum Gasteiger partial charge on any atom is -0.439 e. The molecule has 2 rings (SSSR count). The van der Waals surface area contributed by atoms with E-state index in [2.05, 4.69) is 9.71 Å². The van der Waals surface area contributed by atoms with Crippen LogP contribution in [0.25, 0.3) is 0 Å². The quantitative estimate of drug-likeness (QED) is 0.903. The van der Waals surface area contributed by atoms with E-state index in [1.807, 2.05) is 13.8 Å². The Hall–Kier alpha value is -1.63. The number of ether oxygens (including phenoxy) is 1. The van der Waals surface area contributed by atoms with Crippen LogP contribution in [0, 0.1) is 0 Å². The molecule has 0 spiro atoms. The predicted octanol–water partition coefficient (Wildman–Crippen LogP) is 3.56. The van der Waals surface area contributed by atoms with Gasteiger partial charge in [-0.05, 0) is 43.3 Å². The van der Waals surface area contributed by atoms with Crippen LogP contribution in [-0.2, 0) is 10.0 Å². The van der Waals surface area contributed by atoms with Crippen LogP contribution in [0.2, 0.25) is 5.02 Å². The standard InChI is InChI=1S/C15H17ClN2O3S/c1-10(2)14-8-13(22(19,20)17-3)9-18-15(14)21-12-6-4-11(16)5-7-12/h4-10,17H,1-3H3. The molecule has 0 aliphatic heterocycles. The molecule has 118 valence electrons. The van der Waals surface area contributed by atoms with Crippen molar-refractivity contribution in [2.45, 2.75) is 24.7 Å². The van der Waals surface area contributed by atoms with Crippen molar-refractivity contribution in [3.8, 4) is 11.6 Å². The van der Waals surface area contributed by atoms with Gasteiger partial charge in [-0.3, -0.25) is 0 Å². The van der Waals surface area contributed by atoms with E-state index in [-0.39, 0.29) is 10.8 Å². The first-order valence-electron chi connectivity index (χ1n) is 6.70. The van der Waals surface area contributed by atoms with Crippen LogP contribution in [0.5, 0.6) is 11.6 Å². The van der Waals surface area contributed by atoms with E-state index in [1.165, 1.54) is 13.2 Å². The van der Waals surface area contributed by atoms with Gasteiger partial charge in [-0.2, -0.15) is 0 Å². The first kappa shape index (κ1) is 16.7. The number of hydrogen-bond acceptors (Lipinski definition) is 4. The highest BCUT2D eigenvalue weighted by Crippen LogP contribution is 2.30. The van der Waals surface area contributed by atoms with Crippen molar-refractivity contribution in [2.75, 3.05) is 7.05 Å². The lowest BCUT2D eigenvalue weighted by atomic mass is 10.1. The maximum Gasteiger partial charge on any atom is 0.241 e. The van der Waals surface area contributed by atoms with E-state index in [1.54, 1.807) is 30.3 Å². The lowest BCUT2D eigenvalue weighted by Gasteiger charge is -2.14. The summed E-state index contributed by atoms with van der Waals surface area (Å²) in [6.07, 6.45) is 1.28. The SMILES string of the molecule is CNS(=O)(=O)c1cnc(Oc2ccc(Cl)cc2)c(C(C)C)c1. The Labute approximate surface area is 135 Å². The van der Waals surface area contributed by atoms with Gasteiger partial charge in [0, 0.05) is 10.6 Å². The van der Waals surface area contributed by atoms with Gasteiger partial charge in [-0.1, -0.05) is 25.4 Å². The summed E-state index contributed by atoms with van der Waals surface area (Å²) in [4.78, 5) is 4.27. The molecule has 1 heterocycles. The fourth-order valence-corrected chi connectivity index (χ4v) is 2.66. The minimum absolute atomic E-state index is 0.0572. The number of rotatable bonds is 5. The molecule has 0 atom stereocenters. The number of aromatic nitrogens is 1. The number of benzene rings is 1. The molecule has 1 aromatic carbocycles. The van der Waals surface area contributed by atoms with E-state index in [4.69, 9.17) is 16.3 Å². The van der Waals surface area contributed by atoms with Crippen LogP contribution in [-0.4, -0.2) is 20.4 Å². The van der Waals surface area contributed by atoms with Gasteiger partial charge in [0.2, 0.25) is 15.9 Å². The maximum absolute atomic E-state index is 11.9. The summed E-state index contributed by atoms with van der Waals surface area (Å²) < 4.78 is 31.8. The van der Waals surface area contributed by atoms with E-state index >= 15 is 0 Å². The van der Waals surface area contributed by atoms with Crippen molar-refractivity contribution in [1.82, 2.24) is 9.71 Å². The van der Waals surface area contributed by atoms with Gasteiger partial charge in [-0.15, -0.1) is 0 Å². The molecule has 7 heteroatoms. The molecule has 0 saturated heterocycles. The second-order valence-corrected chi connectivity index (χ2v) is 7.31. The fourth-order valence-electron chi connectivity index (χ4n) is 1.83. The molecule has 0 saturated carbocycles. The Balaban J connectivity index is 2.41. The maximum atomic E-state index is 11.9. The smallest absolute Gasteiger partial charge is 0.241 e. The molecule has 1 aromatic heterocycles. The van der Waals surface area contributed by atoms with Crippen molar-refractivity contribution in [2.24, 2.45) is 0 Å². The molecule has 0 aliphatic rings. The summed E-state index contributed by atoms with van der Waals surface area (Å²) >= 11 is 5.84. The molecule has 0 amide bonds. The molecule has 0 fully saturated rings. The third kappa shape index (κ3) is 3.76. The fraction of sp³-hybridized carbons (Fsp3) is 0.267. The highest BCUT2D eigenvalue weighted by Gasteiger charge is 2.18. The second-order valence-electron chi connectivity index (χ2n) is 4.98. The van der Waals surface area contributed by atoms with Crippen LogP contribution in [0.1, 0.15) is 25.3 Å². The first-order chi connectivity index (χ1) is 10.3. The van der Waals surface area contributed by atoms with Crippen molar-refractivity contribution in [1.29, 1.82) is 0 Å². The van der Waals surface area contributed by atoms with Crippen LogP contribution in [0.4, 0.5) is 0 Å². The molecule has 0 unspecified atom stereocenters. The largest absolute Gasteiger partial charge is 0.439 e. The lowest BCUT2D eigenvalue weighted by molar-refractivity contribution is 0.451. The number of pyridine rings is 1. The second kappa shape index (κ2) is 6.64. The highest BCUT2D eigenvalue weighted by atomic mass is 35.5. The number of halogens is 1. The minimum atomic E-state index is -3.53. The van der Waals surface area contributed by atoms with Gasteiger partial charge < -0.3 is 4.74 Å². The summed E-state index contributed by atoms with van der Waals surface area (Å²) in [7, 11) is -2.17. The summed E-state index contributed by atoms with van der Waals surface area (Å²) in [5.41, 5.74) is 0.714. The predicted molar refractivity (Wildman–Crippen MR) is 86.1 cm³/mol. The Morgan fingerprint density at radius 1 is 1.23 bits per heavy atom. The summed E-state index contributed by atoms with van der Waals surface area (Å²) in [5, 5.41) is 0.611. The Kier molecular flexibility index (Phi) is 5.05. The number of nitrogens with zero attached hydrogens (tertiary/aromatic N) is 1. The summed E-state index contributed by atoms with van der Waals surface area (Å²) in [6, 6.07) is 8.46. The van der Waals surface area contributed by atoms with Gasteiger partial charge in [0.15, 0.2) is 0 Å². The van der Waals surface area contributed by atoms with Gasteiger partial charge >= 0.3 is 0 Å². The zero-order valence-electron chi connectivity index (χ0n) is 12.5. The molecule has 1 N–H and O–H groups in total. The first-order valence-corrected chi connectivity index (χ1v) is 8.56. The Morgan fingerprint density at radius 2 is 1.86 bits per heavy atom. The van der Waals surface area contributed by atoms with Crippen LogP contribution < -0.4 is 9.46 Å². The third-order valence-corrected chi connectivity index (χ3v) is 4.72.